The van der Waals surface area contributed by atoms with Crippen LogP contribution in [0.15, 0.2) is 34.9 Å². The van der Waals surface area contributed by atoms with Crippen molar-refractivity contribution in [3.8, 4) is 0 Å². The third-order valence-electron chi connectivity index (χ3n) is 2.59. The molecule has 4 nitrogen and oxygen atoms in total. The molecule has 1 heterocycles. The summed E-state index contributed by atoms with van der Waals surface area (Å²) in [7, 11) is 0. The van der Waals surface area contributed by atoms with E-state index >= 15 is 0 Å². The molecule has 1 aromatic carbocycles. The zero-order valence-corrected chi connectivity index (χ0v) is 11.7. The second-order valence-electron chi connectivity index (χ2n) is 3.97. The second kappa shape index (κ2) is 5.36. The van der Waals surface area contributed by atoms with Crippen molar-refractivity contribution in [1.82, 2.24) is 4.98 Å². The highest BCUT2D eigenvalue weighted by molar-refractivity contribution is 9.10. The number of carbonyl (C=O) groups excluding carboxylic acids is 1. The van der Waals surface area contributed by atoms with Crippen molar-refractivity contribution < 1.29 is 9.18 Å². The molecule has 2 rings (SSSR count). The van der Waals surface area contributed by atoms with Crippen molar-refractivity contribution in [3.63, 3.8) is 0 Å². The third-order valence-corrected chi connectivity index (χ3v) is 3.02. The van der Waals surface area contributed by atoms with E-state index in [1.54, 1.807) is 19.1 Å². The fourth-order valence-corrected chi connectivity index (χ4v) is 1.93. The summed E-state index contributed by atoms with van der Waals surface area (Å²) < 4.78 is 14.3. The molecule has 19 heavy (non-hydrogen) atoms. The molecule has 0 aliphatic rings. The average molecular weight is 324 g/mol. The molecule has 98 valence electrons. The molecule has 6 heteroatoms. The SMILES string of the molecule is Cc1cccc(F)c1NC(=O)c1cc(Br)cnc1N. The number of amides is 1. The monoisotopic (exact) mass is 323 g/mol. The molecule has 0 aliphatic heterocycles. The summed E-state index contributed by atoms with van der Waals surface area (Å²) in [6.07, 6.45) is 1.49. The highest BCUT2D eigenvalue weighted by Crippen LogP contribution is 2.21. The second-order valence-corrected chi connectivity index (χ2v) is 4.89. The Bertz CT molecular complexity index is 626. The van der Waals surface area contributed by atoms with Crippen molar-refractivity contribution in [3.05, 3.63) is 51.9 Å². The lowest BCUT2D eigenvalue weighted by Gasteiger charge is -2.10. The van der Waals surface area contributed by atoms with Crippen molar-refractivity contribution in [2.75, 3.05) is 11.1 Å². The van der Waals surface area contributed by atoms with Gasteiger partial charge < -0.3 is 11.1 Å². The van der Waals surface area contributed by atoms with Crippen LogP contribution in [0, 0.1) is 12.7 Å². The van der Waals surface area contributed by atoms with Crippen LogP contribution in [0.5, 0.6) is 0 Å². The number of nitrogen functional groups attached to an aromatic ring is 1. The summed E-state index contributed by atoms with van der Waals surface area (Å²) in [6.45, 7) is 1.71. The molecule has 0 saturated carbocycles. The van der Waals surface area contributed by atoms with Crippen LogP contribution in [0.3, 0.4) is 0 Å². The number of carbonyl (C=O) groups is 1. The lowest BCUT2D eigenvalue weighted by atomic mass is 10.1. The Morgan fingerprint density at radius 3 is 2.89 bits per heavy atom. The number of aromatic nitrogens is 1. The molecular weight excluding hydrogens is 313 g/mol. The predicted octanol–water partition coefficient (Wildman–Crippen LogP) is 3.13. The molecule has 0 fully saturated rings. The number of benzene rings is 1. The van der Waals surface area contributed by atoms with Gasteiger partial charge in [-0.3, -0.25) is 4.79 Å². The van der Waals surface area contributed by atoms with Crippen LogP contribution in [0.4, 0.5) is 15.9 Å². The van der Waals surface area contributed by atoms with E-state index < -0.39 is 11.7 Å². The summed E-state index contributed by atoms with van der Waals surface area (Å²) in [6, 6.07) is 6.11. The van der Waals surface area contributed by atoms with Crippen LogP contribution in [-0.4, -0.2) is 10.9 Å². The summed E-state index contributed by atoms with van der Waals surface area (Å²) in [4.78, 5) is 15.9. The van der Waals surface area contributed by atoms with Crippen molar-refractivity contribution in [1.29, 1.82) is 0 Å². The minimum absolute atomic E-state index is 0.0923. The number of nitrogens with zero attached hydrogens (tertiary/aromatic N) is 1. The van der Waals surface area contributed by atoms with Gasteiger partial charge in [-0.25, -0.2) is 9.37 Å². The van der Waals surface area contributed by atoms with E-state index in [0.29, 0.717) is 10.0 Å². The Kier molecular flexibility index (Phi) is 3.80. The van der Waals surface area contributed by atoms with E-state index in [0.717, 1.165) is 0 Å². The quantitative estimate of drug-likeness (QED) is 0.892. The van der Waals surface area contributed by atoms with Gasteiger partial charge in [0.05, 0.1) is 11.3 Å². The predicted molar refractivity (Wildman–Crippen MR) is 75.4 cm³/mol. The number of anilines is 2. The first-order valence-corrected chi connectivity index (χ1v) is 6.26. The number of hydrogen-bond donors (Lipinski definition) is 2. The number of aryl methyl sites for hydroxylation is 1. The van der Waals surface area contributed by atoms with Gasteiger partial charge in [0.15, 0.2) is 0 Å². The minimum Gasteiger partial charge on any atom is -0.383 e. The van der Waals surface area contributed by atoms with Crippen LogP contribution < -0.4 is 11.1 Å². The van der Waals surface area contributed by atoms with Gasteiger partial charge in [-0.2, -0.15) is 0 Å². The normalized spacial score (nSPS) is 10.3. The largest absolute Gasteiger partial charge is 0.383 e. The molecule has 0 atom stereocenters. The fraction of sp³-hybridized carbons (Fsp3) is 0.0769. The number of pyridine rings is 1. The van der Waals surface area contributed by atoms with Crippen molar-refractivity contribution in [2.45, 2.75) is 6.92 Å². The van der Waals surface area contributed by atoms with Crippen LogP contribution in [0.2, 0.25) is 0 Å². The first kappa shape index (κ1) is 13.5. The Balaban J connectivity index is 2.34. The summed E-state index contributed by atoms with van der Waals surface area (Å²) in [5.74, 6) is -0.899. The average Bonchev–Trinajstić information content (AvgIpc) is 2.37. The molecule has 0 radical (unpaired) electrons. The van der Waals surface area contributed by atoms with E-state index in [-0.39, 0.29) is 17.1 Å². The van der Waals surface area contributed by atoms with Gasteiger partial charge in [0, 0.05) is 10.7 Å². The van der Waals surface area contributed by atoms with Gasteiger partial charge in [-0.15, -0.1) is 0 Å². The van der Waals surface area contributed by atoms with Crippen LogP contribution >= 0.6 is 15.9 Å². The summed E-state index contributed by atoms with van der Waals surface area (Å²) >= 11 is 3.21. The van der Waals surface area contributed by atoms with Crippen molar-refractivity contribution >= 4 is 33.3 Å². The molecule has 2 aromatic rings. The van der Waals surface area contributed by atoms with E-state index in [1.807, 2.05) is 0 Å². The van der Waals surface area contributed by atoms with E-state index in [4.69, 9.17) is 5.73 Å². The zero-order valence-electron chi connectivity index (χ0n) is 10.1. The number of halogens is 2. The van der Waals surface area contributed by atoms with Gasteiger partial charge in [0.25, 0.3) is 5.91 Å². The molecule has 0 aliphatic carbocycles. The maximum absolute atomic E-state index is 13.6. The zero-order chi connectivity index (χ0) is 14.0. The van der Waals surface area contributed by atoms with E-state index in [2.05, 4.69) is 26.2 Å². The smallest absolute Gasteiger partial charge is 0.259 e. The van der Waals surface area contributed by atoms with Crippen molar-refractivity contribution in [2.24, 2.45) is 0 Å². The van der Waals surface area contributed by atoms with Crippen LogP contribution in [0.25, 0.3) is 0 Å². The molecule has 0 bridgehead atoms. The maximum atomic E-state index is 13.6. The molecule has 1 aromatic heterocycles. The standard InChI is InChI=1S/C13H11BrFN3O/c1-7-3-2-4-10(15)11(7)18-13(19)9-5-8(14)6-17-12(9)16/h2-6H,1H3,(H2,16,17)(H,18,19). The number of rotatable bonds is 2. The van der Waals surface area contributed by atoms with Gasteiger partial charge >= 0.3 is 0 Å². The molecule has 0 spiro atoms. The highest BCUT2D eigenvalue weighted by Gasteiger charge is 2.14. The van der Waals surface area contributed by atoms with Crippen LogP contribution in [0.1, 0.15) is 15.9 Å². The number of hydrogen-bond acceptors (Lipinski definition) is 3. The first-order chi connectivity index (χ1) is 8.99. The fourth-order valence-electron chi connectivity index (χ4n) is 1.60. The lowest BCUT2D eigenvalue weighted by molar-refractivity contribution is 0.102. The maximum Gasteiger partial charge on any atom is 0.259 e. The lowest BCUT2D eigenvalue weighted by Crippen LogP contribution is -2.16. The topological polar surface area (TPSA) is 68.0 Å². The number of nitrogens with two attached hydrogens (primary N) is 1. The Labute approximate surface area is 118 Å². The Morgan fingerprint density at radius 2 is 2.21 bits per heavy atom. The van der Waals surface area contributed by atoms with Gasteiger partial charge in [-0.1, -0.05) is 12.1 Å². The summed E-state index contributed by atoms with van der Waals surface area (Å²) in [5.41, 5.74) is 6.60. The number of para-hydroxylation sites is 1. The molecular formula is C13H11BrFN3O. The molecule has 1 amide bonds. The van der Waals surface area contributed by atoms with Gasteiger partial charge in [-0.05, 0) is 40.5 Å². The van der Waals surface area contributed by atoms with Crippen LogP contribution in [-0.2, 0) is 0 Å². The Morgan fingerprint density at radius 1 is 1.47 bits per heavy atom. The molecule has 3 N–H and O–H groups in total. The molecule has 0 saturated heterocycles. The summed E-state index contributed by atoms with van der Waals surface area (Å²) in [5, 5.41) is 2.51. The first-order valence-electron chi connectivity index (χ1n) is 5.46. The Hall–Kier alpha value is -1.95. The highest BCUT2D eigenvalue weighted by atomic mass is 79.9. The van der Waals surface area contributed by atoms with E-state index in [1.165, 1.54) is 18.3 Å². The third kappa shape index (κ3) is 2.90. The van der Waals surface area contributed by atoms with Gasteiger partial charge in [0.2, 0.25) is 0 Å². The van der Waals surface area contributed by atoms with Gasteiger partial charge in [0.1, 0.15) is 11.6 Å². The van der Waals surface area contributed by atoms with E-state index in [9.17, 15) is 9.18 Å². The molecule has 0 unspecified atom stereocenters. The minimum atomic E-state index is -0.500. The number of nitrogens with one attached hydrogen (secondary N) is 1.